The lowest BCUT2D eigenvalue weighted by Crippen LogP contribution is -2.05. The smallest absolute Gasteiger partial charge is 0.174 e. The molecule has 0 amide bonds. The third kappa shape index (κ3) is 5.93. The number of hydrogen-bond acceptors (Lipinski definition) is 3. The van der Waals surface area contributed by atoms with Crippen LogP contribution in [0.25, 0.3) is 0 Å². The number of hydrogen-bond donors (Lipinski definition) is 1. The van der Waals surface area contributed by atoms with Crippen molar-refractivity contribution in [2.45, 2.75) is 20.1 Å². The molecule has 0 radical (unpaired) electrons. The van der Waals surface area contributed by atoms with Gasteiger partial charge in [0.25, 0.3) is 0 Å². The molecule has 0 saturated heterocycles. The summed E-state index contributed by atoms with van der Waals surface area (Å²) in [6.07, 6.45) is 0. The quantitative estimate of drug-likeness (QED) is 0.314. The summed E-state index contributed by atoms with van der Waals surface area (Å²) in [7, 11) is 0. The highest BCUT2D eigenvalue weighted by Crippen LogP contribution is 2.35. The molecule has 3 rings (SSSR count). The monoisotopic (exact) mass is 527 g/mol. The van der Waals surface area contributed by atoms with E-state index in [1.54, 1.807) is 0 Å². The molecule has 0 aliphatic rings. The SMILES string of the molecule is CCOc1cc(CNc2ccc(Cl)cc2)cc(I)c1OCc1ccc(Cl)cc1. The Bertz CT molecular complexity index is 915. The molecule has 0 unspecified atom stereocenters. The molecule has 28 heavy (non-hydrogen) atoms. The summed E-state index contributed by atoms with van der Waals surface area (Å²) in [6.45, 7) is 3.67. The second kappa shape index (κ2) is 10.2. The maximum Gasteiger partial charge on any atom is 0.174 e. The Kier molecular flexibility index (Phi) is 7.71. The Hall–Kier alpha value is -1.63. The summed E-state index contributed by atoms with van der Waals surface area (Å²) in [4.78, 5) is 0. The summed E-state index contributed by atoms with van der Waals surface area (Å²) in [5.41, 5.74) is 3.18. The zero-order valence-corrected chi connectivity index (χ0v) is 19.0. The number of halogens is 3. The molecule has 0 aromatic heterocycles. The summed E-state index contributed by atoms with van der Waals surface area (Å²) < 4.78 is 12.9. The maximum absolute atomic E-state index is 6.07. The predicted octanol–water partition coefficient (Wildman–Crippen LogP) is 7.19. The van der Waals surface area contributed by atoms with Crippen molar-refractivity contribution in [2.75, 3.05) is 11.9 Å². The molecule has 146 valence electrons. The summed E-state index contributed by atoms with van der Waals surface area (Å²) in [6, 6.07) is 19.4. The topological polar surface area (TPSA) is 30.5 Å². The van der Waals surface area contributed by atoms with Crippen LogP contribution in [-0.2, 0) is 13.2 Å². The van der Waals surface area contributed by atoms with E-state index in [9.17, 15) is 0 Å². The number of rotatable bonds is 8. The second-order valence-electron chi connectivity index (χ2n) is 6.11. The first kappa shape index (κ1) is 21.1. The standard InChI is InChI=1S/C22H20Cl2INO2/c1-2-27-21-12-16(13-26-19-9-7-18(24)8-10-19)11-20(25)22(21)28-14-15-3-5-17(23)6-4-15/h3-12,26H,2,13-14H2,1H3. The van der Waals surface area contributed by atoms with Crippen LogP contribution in [0.5, 0.6) is 11.5 Å². The van der Waals surface area contributed by atoms with Crippen LogP contribution in [0.4, 0.5) is 5.69 Å². The molecule has 0 bridgehead atoms. The molecular weight excluding hydrogens is 508 g/mol. The van der Waals surface area contributed by atoms with Crippen LogP contribution in [0.15, 0.2) is 60.7 Å². The van der Waals surface area contributed by atoms with E-state index in [2.05, 4.69) is 34.0 Å². The number of ether oxygens (including phenoxy) is 2. The average Bonchev–Trinajstić information content (AvgIpc) is 2.68. The van der Waals surface area contributed by atoms with Gasteiger partial charge in [-0.1, -0.05) is 35.3 Å². The lowest BCUT2D eigenvalue weighted by molar-refractivity contribution is 0.267. The summed E-state index contributed by atoms with van der Waals surface area (Å²) in [5, 5.41) is 4.83. The van der Waals surface area contributed by atoms with E-state index >= 15 is 0 Å². The Balaban J connectivity index is 1.73. The first-order chi connectivity index (χ1) is 13.5. The van der Waals surface area contributed by atoms with Crippen LogP contribution in [0, 0.1) is 3.57 Å². The third-order valence-corrected chi connectivity index (χ3v) is 5.31. The van der Waals surface area contributed by atoms with Crippen molar-refractivity contribution in [2.24, 2.45) is 0 Å². The van der Waals surface area contributed by atoms with Gasteiger partial charge in [0.05, 0.1) is 10.2 Å². The molecule has 3 nitrogen and oxygen atoms in total. The lowest BCUT2D eigenvalue weighted by atomic mass is 10.2. The molecule has 0 atom stereocenters. The number of benzene rings is 3. The maximum atomic E-state index is 6.07. The first-order valence-electron chi connectivity index (χ1n) is 8.87. The van der Waals surface area contributed by atoms with Crippen LogP contribution in [0.2, 0.25) is 10.0 Å². The van der Waals surface area contributed by atoms with Crippen molar-refractivity contribution in [3.8, 4) is 11.5 Å². The van der Waals surface area contributed by atoms with Gasteiger partial charge in [-0.3, -0.25) is 0 Å². The van der Waals surface area contributed by atoms with Gasteiger partial charge in [-0.25, -0.2) is 0 Å². The fraction of sp³-hybridized carbons (Fsp3) is 0.182. The van der Waals surface area contributed by atoms with Crippen LogP contribution >= 0.6 is 45.8 Å². The Morgan fingerprint density at radius 1 is 0.857 bits per heavy atom. The van der Waals surface area contributed by atoms with Gasteiger partial charge in [0, 0.05) is 22.3 Å². The zero-order valence-electron chi connectivity index (χ0n) is 15.3. The largest absolute Gasteiger partial charge is 0.490 e. The van der Waals surface area contributed by atoms with Gasteiger partial charge in [-0.05, 0) is 89.2 Å². The van der Waals surface area contributed by atoms with Gasteiger partial charge in [-0.15, -0.1) is 0 Å². The molecule has 0 spiro atoms. The van der Waals surface area contributed by atoms with Gasteiger partial charge in [0.15, 0.2) is 11.5 Å². The van der Waals surface area contributed by atoms with Gasteiger partial charge in [0.2, 0.25) is 0 Å². The van der Waals surface area contributed by atoms with E-state index in [-0.39, 0.29) is 0 Å². The van der Waals surface area contributed by atoms with E-state index in [0.717, 1.165) is 36.9 Å². The van der Waals surface area contributed by atoms with Crippen molar-refractivity contribution in [1.82, 2.24) is 0 Å². The van der Waals surface area contributed by atoms with Crippen molar-refractivity contribution in [3.63, 3.8) is 0 Å². The fourth-order valence-corrected chi connectivity index (χ4v) is 3.71. The van der Waals surface area contributed by atoms with Crippen molar-refractivity contribution >= 4 is 51.5 Å². The Morgan fingerprint density at radius 2 is 1.50 bits per heavy atom. The van der Waals surface area contributed by atoms with E-state index in [0.29, 0.717) is 24.8 Å². The van der Waals surface area contributed by atoms with Crippen LogP contribution in [-0.4, -0.2) is 6.61 Å². The highest BCUT2D eigenvalue weighted by atomic mass is 127. The first-order valence-corrected chi connectivity index (χ1v) is 10.7. The van der Waals surface area contributed by atoms with E-state index in [1.807, 2.05) is 61.5 Å². The van der Waals surface area contributed by atoms with Gasteiger partial charge >= 0.3 is 0 Å². The molecule has 3 aromatic rings. The number of anilines is 1. The van der Waals surface area contributed by atoms with Crippen LogP contribution in [0.1, 0.15) is 18.1 Å². The van der Waals surface area contributed by atoms with Gasteiger partial charge in [0.1, 0.15) is 6.61 Å². The highest BCUT2D eigenvalue weighted by molar-refractivity contribution is 14.1. The predicted molar refractivity (Wildman–Crippen MR) is 125 cm³/mol. The average molecular weight is 528 g/mol. The Morgan fingerprint density at radius 3 is 2.14 bits per heavy atom. The molecule has 0 heterocycles. The van der Waals surface area contributed by atoms with E-state index in [4.69, 9.17) is 32.7 Å². The molecule has 0 aliphatic heterocycles. The normalized spacial score (nSPS) is 10.6. The summed E-state index contributed by atoms with van der Waals surface area (Å²) >= 11 is 14.2. The fourth-order valence-electron chi connectivity index (χ4n) is 2.63. The molecule has 3 aromatic carbocycles. The third-order valence-electron chi connectivity index (χ3n) is 4.01. The Labute approximate surface area is 189 Å². The minimum Gasteiger partial charge on any atom is -0.490 e. The minimum atomic E-state index is 0.454. The highest BCUT2D eigenvalue weighted by Gasteiger charge is 2.13. The van der Waals surface area contributed by atoms with E-state index < -0.39 is 0 Å². The van der Waals surface area contributed by atoms with Crippen LogP contribution in [0.3, 0.4) is 0 Å². The minimum absolute atomic E-state index is 0.454. The molecule has 0 fully saturated rings. The van der Waals surface area contributed by atoms with Gasteiger partial charge < -0.3 is 14.8 Å². The van der Waals surface area contributed by atoms with Crippen molar-refractivity contribution in [3.05, 3.63) is 85.4 Å². The van der Waals surface area contributed by atoms with Crippen molar-refractivity contribution < 1.29 is 9.47 Å². The second-order valence-corrected chi connectivity index (χ2v) is 8.15. The van der Waals surface area contributed by atoms with Crippen LogP contribution < -0.4 is 14.8 Å². The summed E-state index contributed by atoms with van der Waals surface area (Å²) in [5.74, 6) is 1.50. The molecular formula is C22H20Cl2INO2. The van der Waals surface area contributed by atoms with E-state index in [1.165, 1.54) is 0 Å². The van der Waals surface area contributed by atoms with Gasteiger partial charge in [-0.2, -0.15) is 0 Å². The van der Waals surface area contributed by atoms with Crippen molar-refractivity contribution in [1.29, 1.82) is 0 Å². The molecule has 0 aliphatic carbocycles. The lowest BCUT2D eigenvalue weighted by Gasteiger charge is -2.16. The molecule has 0 saturated carbocycles. The number of nitrogens with one attached hydrogen (secondary N) is 1. The zero-order chi connectivity index (χ0) is 19.9. The molecule has 1 N–H and O–H groups in total. The molecule has 6 heteroatoms.